The monoisotopic (exact) mass is 290 g/mol. The van der Waals surface area contributed by atoms with Crippen molar-refractivity contribution in [3.05, 3.63) is 38.7 Å². The van der Waals surface area contributed by atoms with E-state index in [1.165, 1.54) is 39.5 Å². The zero-order valence-corrected chi connectivity index (χ0v) is 12.2. The molecule has 0 spiro atoms. The Morgan fingerprint density at radius 3 is 2.95 bits per heavy atom. The summed E-state index contributed by atoms with van der Waals surface area (Å²) in [7, 11) is 0. The molecule has 0 atom stereocenters. The van der Waals surface area contributed by atoms with Crippen LogP contribution in [0, 0.1) is 0 Å². The van der Waals surface area contributed by atoms with Gasteiger partial charge >= 0.3 is 0 Å². The number of rotatable bonds is 1. The Morgan fingerprint density at radius 1 is 1.26 bits per heavy atom. The number of thiazole rings is 1. The molecule has 0 amide bonds. The van der Waals surface area contributed by atoms with E-state index in [-0.39, 0.29) is 0 Å². The van der Waals surface area contributed by atoms with Gasteiger partial charge in [-0.1, -0.05) is 17.7 Å². The highest BCUT2D eigenvalue weighted by Gasteiger charge is 2.26. The highest BCUT2D eigenvalue weighted by molar-refractivity contribution is 7.12. The van der Waals surface area contributed by atoms with Gasteiger partial charge in [0.15, 0.2) is 0 Å². The maximum atomic E-state index is 6.06. The van der Waals surface area contributed by atoms with E-state index in [2.05, 4.69) is 17.4 Å². The SMILES string of the molecule is Clc1ccc2c(c1)Cc1sc(C3CCNCC3)nc1-2. The summed E-state index contributed by atoms with van der Waals surface area (Å²) in [5, 5.41) is 5.58. The minimum absolute atomic E-state index is 0.660. The molecule has 2 nitrogen and oxygen atoms in total. The molecular weight excluding hydrogens is 276 g/mol. The van der Waals surface area contributed by atoms with Crippen LogP contribution in [0.5, 0.6) is 0 Å². The third-order valence-electron chi connectivity index (χ3n) is 4.08. The summed E-state index contributed by atoms with van der Waals surface area (Å²) in [4.78, 5) is 6.36. The van der Waals surface area contributed by atoms with Crippen LogP contribution in [-0.2, 0) is 6.42 Å². The van der Waals surface area contributed by atoms with Crippen molar-refractivity contribution < 1.29 is 0 Å². The first-order valence-electron chi connectivity index (χ1n) is 6.80. The van der Waals surface area contributed by atoms with E-state index < -0.39 is 0 Å². The Labute approximate surface area is 121 Å². The van der Waals surface area contributed by atoms with Gasteiger partial charge in [0.25, 0.3) is 0 Å². The number of benzene rings is 1. The van der Waals surface area contributed by atoms with Crippen molar-refractivity contribution >= 4 is 22.9 Å². The second kappa shape index (κ2) is 4.58. The fraction of sp³-hybridized carbons (Fsp3) is 0.400. The molecule has 0 saturated carbocycles. The van der Waals surface area contributed by atoms with Crippen LogP contribution < -0.4 is 5.32 Å². The van der Waals surface area contributed by atoms with E-state index in [1.54, 1.807) is 0 Å². The van der Waals surface area contributed by atoms with Gasteiger partial charge in [-0.25, -0.2) is 4.98 Å². The van der Waals surface area contributed by atoms with Gasteiger partial charge in [-0.3, -0.25) is 0 Å². The normalized spacial score (nSPS) is 18.4. The number of piperidine rings is 1. The Kier molecular flexibility index (Phi) is 2.87. The molecule has 0 unspecified atom stereocenters. The third kappa shape index (κ3) is 2.00. The van der Waals surface area contributed by atoms with E-state index >= 15 is 0 Å². The number of fused-ring (bicyclic) bond motifs is 3. The van der Waals surface area contributed by atoms with Crippen LogP contribution in [0.1, 0.15) is 34.2 Å². The molecular formula is C15H15ClN2S. The first-order chi connectivity index (χ1) is 9.31. The lowest BCUT2D eigenvalue weighted by atomic mass is 9.99. The first-order valence-corrected chi connectivity index (χ1v) is 8.00. The Hall–Kier alpha value is -0.900. The zero-order valence-electron chi connectivity index (χ0n) is 10.6. The summed E-state index contributed by atoms with van der Waals surface area (Å²) >= 11 is 7.97. The molecule has 0 bridgehead atoms. The minimum Gasteiger partial charge on any atom is -0.317 e. The molecule has 98 valence electrons. The smallest absolute Gasteiger partial charge is 0.0967 e. The topological polar surface area (TPSA) is 24.9 Å². The fourth-order valence-corrected chi connectivity index (χ4v) is 4.52. The molecule has 2 aliphatic rings. The van der Waals surface area contributed by atoms with Gasteiger partial charge in [-0.15, -0.1) is 11.3 Å². The van der Waals surface area contributed by atoms with Crippen LogP contribution in [0.25, 0.3) is 11.3 Å². The molecule has 1 aromatic heterocycles. The number of hydrogen-bond acceptors (Lipinski definition) is 3. The molecule has 0 radical (unpaired) electrons. The van der Waals surface area contributed by atoms with Crippen molar-refractivity contribution in [1.29, 1.82) is 0 Å². The van der Waals surface area contributed by atoms with Gasteiger partial charge < -0.3 is 5.32 Å². The minimum atomic E-state index is 0.660. The van der Waals surface area contributed by atoms with Crippen LogP contribution in [0.3, 0.4) is 0 Å². The van der Waals surface area contributed by atoms with Crippen molar-refractivity contribution in [2.24, 2.45) is 0 Å². The standard InChI is InChI=1S/C15H15ClN2S/c16-11-1-2-12-10(7-11)8-13-14(12)18-15(19-13)9-3-5-17-6-4-9/h1-2,7,9,17H,3-6,8H2. The van der Waals surface area contributed by atoms with Gasteiger partial charge in [0.05, 0.1) is 10.7 Å². The highest BCUT2D eigenvalue weighted by atomic mass is 35.5. The van der Waals surface area contributed by atoms with Gasteiger partial charge in [0.1, 0.15) is 0 Å². The van der Waals surface area contributed by atoms with Crippen molar-refractivity contribution in [2.75, 3.05) is 13.1 Å². The fourth-order valence-electron chi connectivity index (χ4n) is 3.06. The number of halogens is 1. The lowest BCUT2D eigenvalue weighted by molar-refractivity contribution is 0.459. The molecule has 2 aromatic rings. The summed E-state index contributed by atoms with van der Waals surface area (Å²) < 4.78 is 0. The van der Waals surface area contributed by atoms with Crippen LogP contribution in [0.15, 0.2) is 18.2 Å². The second-order valence-electron chi connectivity index (χ2n) is 5.33. The van der Waals surface area contributed by atoms with Crippen molar-refractivity contribution in [3.63, 3.8) is 0 Å². The summed E-state index contributed by atoms with van der Waals surface area (Å²) in [5.41, 5.74) is 3.83. The van der Waals surface area contributed by atoms with E-state index in [0.29, 0.717) is 5.92 Å². The maximum absolute atomic E-state index is 6.06. The third-order valence-corrected chi connectivity index (χ3v) is 5.53. The summed E-state index contributed by atoms with van der Waals surface area (Å²) in [6.45, 7) is 2.25. The molecule has 19 heavy (non-hydrogen) atoms. The first kappa shape index (κ1) is 11.9. The van der Waals surface area contributed by atoms with E-state index in [9.17, 15) is 0 Å². The van der Waals surface area contributed by atoms with Crippen LogP contribution in [0.4, 0.5) is 0 Å². The molecule has 2 heterocycles. The average Bonchev–Trinajstić information content (AvgIpc) is 2.96. The Morgan fingerprint density at radius 2 is 2.11 bits per heavy atom. The lowest BCUT2D eigenvalue weighted by Crippen LogP contribution is -2.26. The van der Waals surface area contributed by atoms with Crippen LogP contribution >= 0.6 is 22.9 Å². The molecule has 1 aliphatic heterocycles. The van der Waals surface area contributed by atoms with Crippen molar-refractivity contribution in [3.8, 4) is 11.3 Å². The molecule has 4 heteroatoms. The zero-order chi connectivity index (χ0) is 12.8. The van der Waals surface area contributed by atoms with Crippen molar-refractivity contribution in [2.45, 2.75) is 25.2 Å². The Balaban J connectivity index is 1.71. The maximum Gasteiger partial charge on any atom is 0.0967 e. The van der Waals surface area contributed by atoms with Gasteiger partial charge in [-0.05, 0) is 43.6 Å². The second-order valence-corrected chi connectivity index (χ2v) is 6.88. The number of nitrogens with zero attached hydrogens (tertiary/aromatic N) is 1. The number of hydrogen-bond donors (Lipinski definition) is 1. The Bertz CT molecular complexity index is 629. The number of aromatic nitrogens is 1. The molecule has 4 rings (SSSR count). The molecule has 1 N–H and O–H groups in total. The van der Waals surface area contributed by atoms with Gasteiger partial charge in [-0.2, -0.15) is 0 Å². The molecule has 1 fully saturated rings. The van der Waals surface area contributed by atoms with E-state index in [4.69, 9.17) is 16.6 Å². The van der Waals surface area contributed by atoms with Crippen molar-refractivity contribution in [1.82, 2.24) is 10.3 Å². The summed E-state index contributed by atoms with van der Waals surface area (Å²) in [5.74, 6) is 0.660. The lowest BCUT2D eigenvalue weighted by Gasteiger charge is -2.20. The summed E-state index contributed by atoms with van der Waals surface area (Å²) in [6, 6.07) is 6.17. The predicted molar refractivity (Wildman–Crippen MR) is 80.2 cm³/mol. The van der Waals surface area contributed by atoms with Crippen LogP contribution in [-0.4, -0.2) is 18.1 Å². The molecule has 1 aliphatic carbocycles. The summed E-state index contributed by atoms with van der Waals surface area (Å²) in [6.07, 6.45) is 3.45. The van der Waals surface area contributed by atoms with E-state index in [0.717, 1.165) is 24.5 Å². The average molecular weight is 291 g/mol. The molecule has 1 saturated heterocycles. The van der Waals surface area contributed by atoms with Crippen LogP contribution in [0.2, 0.25) is 5.02 Å². The largest absolute Gasteiger partial charge is 0.317 e. The number of nitrogens with one attached hydrogen (secondary N) is 1. The predicted octanol–water partition coefficient (Wildman–Crippen LogP) is 3.83. The van der Waals surface area contributed by atoms with Gasteiger partial charge in [0, 0.05) is 27.8 Å². The highest BCUT2D eigenvalue weighted by Crippen LogP contribution is 2.42. The van der Waals surface area contributed by atoms with E-state index in [1.807, 2.05) is 17.4 Å². The van der Waals surface area contributed by atoms with Gasteiger partial charge in [0.2, 0.25) is 0 Å². The molecule has 1 aromatic carbocycles. The quantitative estimate of drug-likeness (QED) is 0.737.